The Kier molecular flexibility index (Phi) is 3.65. The summed E-state index contributed by atoms with van der Waals surface area (Å²) in [5, 5.41) is 9.32. The van der Waals surface area contributed by atoms with E-state index < -0.39 is 23.5 Å². The van der Waals surface area contributed by atoms with Crippen molar-refractivity contribution in [1.82, 2.24) is 0 Å². The Balaban J connectivity index is 2.51. The molecule has 1 aliphatic rings. The van der Waals surface area contributed by atoms with E-state index in [2.05, 4.69) is 0 Å². The van der Waals surface area contributed by atoms with Crippen molar-refractivity contribution in [3.05, 3.63) is 53.4 Å². The third-order valence-electron chi connectivity index (χ3n) is 2.79. The van der Waals surface area contributed by atoms with Crippen molar-refractivity contribution in [2.24, 2.45) is 0 Å². The van der Waals surface area contributed by atoms with Gasteiger partial charge in [-0.1, -0.05) is 0 Å². The normalized spacial score (nSPS) is 16.1. The molecule has 0 saturated heterocycles. The smallest absolute Gasteiger partial charge is 0.416 e. The van der Waals surface area contributed by atoms with Crippen molar-refractivity contribution >= 4 is 5.69 Å². The summed E-state index contributed by atoms with van der Waals surface area (Å²) in [5.41, 5.74) is -3.09. The van der Waals surface area contributed by atoms with E-state index in [0.717, 1.165) is 4.90 Å². The van der Waals surface area contributed by atoms with Crippen LogP contribution in [0.15, 0.2) is 42.3 Å². The van der Waals surface area contributed by atoms with Gasteiger partial charge >= 0.3 is 12.4 Å². The standard InChI is InChI=1S/C13H9F6NO/c14-12(15,16)8-4-9(13(17,18)19)6-10(5-8)20-3-1-2-11(21)7-20/h1-6,21H,7H2. The van der Waals surface area contributed by atoms with Crippen LogP contribution < -0.4 is 4.90 Å². The van der Waals surface area contributed by atoms with E-state index in [0.29, 0.717) is 12.1 Å². The van der Waals surface area contributed by atoms with E-state index >= 15 is 0 Å². The zero-order valence-corrected chi connectivity index (χ0v) is 10.3. The van der Waals surface area contributed by atoms with Crippen LogP contribution in [-0.4, -0.2) is 11.7 Å². The molecule has 0 saturated carbocycles. The number of anilines is 1. The fourth-order valence-corrected chi connectivity index (χ4v) is 1.82. The summed E-state index contributed by atoms with van der Waals surface area (Å²) in [7, 11) is 0. The largest absolute Gasteiger partial charge is 0.510 e. The molecule has 0 radical (unpaired) electrons. The Hall–Kier alpha value is -2.12. The highest BCUT2D eigenvalue weighted by Gasteiger charge is 2.37. The monoisotopic (exact) mass is 309 g/mol. The van der Waals surface area contributed by atoms with E-state index in [1.165, 1.54) is 18.4 Å². The number of nitrogens with zero attached hydrogens (tertiary/aromatic N) is 1. The molecule has 1 aromatic rings. The van der Waals surface area contributed by atoms with Crippen LogP contribution in [0.1, 0.15) is 11.1 Å². The van der Waals surface area contributed by atoms with Gasteiger partial charge in [0, 0.05) is 11.9 Å². The van der Waals surface area contributed by atoms with Gasteiger partial charge in [-0.2, -0.15) is 26.3 Å². The predicted molar refractivity (Wildman–Crippen MR) is 63.6 cm³/mol. The van der Waals surface area contributed by atoms with E-state index in [9.17, 15) is 31.4 Å². The van der Waals surface area contributed by atoms with E-state index in [1.54, 1.807) is 0 Å². The maximum atomic E-state index is 12.7. The van der Waals surface area contributed by atoms with Crippen LogP contribution in [-0.2, 0) is 12.4 Å². The number of rotatable bonds is 1. The van der Waals surface area contributed by atoms with Gasteiger partial charge in [-0.05, 0) is 30.4 Å². The lowest BCUT2D eigenvalue weighted by atomic mass is 10.1. The number of alkyl halides is 6. The molecule has 0 spiro atoms. The molecule has 0 aliphatic carbocycles. The second-order valence-electron chi connectivity index (χ2n) is 4.39. The fraction of sp³-hybridized carbons (Fsp3) is 0.231. The Labute approximate surface area is 115 Å². The summed E-state index contributed by atoms with van der Waals surface area (Å²) in [6, 6.07) is 1.28. The first-order valence-corrected chi connectivity index (χ1v) is 5.70. The minimum absolute atomic E-state index is 0.0624. The highest BCUT2D eigenvalue weighted by molar-refractivity contribution is 5.56. The van der Waals surface area contributed by atoms with Crippen molar-refractivity contribution in [2.45, 2.75) is 12.4 Å². The van der Waals surface area contributed by atoms with Gasteiger partial charge in [0.1, 0.15) is 5.76 Å². The van der Waals surface area contributed by atoms with E-state index in [4.69, 9.17) is 0 Å². The van der Waals surface area contributed by atoms with Crippen molar-refractivity contribution in [3.63, 3.8) is 0 Å². The third-order valence-corrected chi connectivity index (χ3v) is 2.79. The van der Waals surface area contributed by atoms with Gasteiger partial charge in [-0.25, -0.2) is 0 Å². The van der Waals surface area contributed by atoms with Gasteiger partial charge in [0.15, 0.2) is 0 Å². The number of aliphatic hydroxyl groups is 1. The highest BCUT2D eigenvalue weighted by atomic mass is 19.4. The van der Waals surface area contributed by atoms with Crippen molar-refractivity contribution < 1.29 is 31.4 Å². The molecule has 0 aromatic heterocycles. The lowest BCUT2D eigenvalue weighted by Gasteiger charge is -2.24. The summed E-state index contributed by atoms with van der Waals surface area (Å²) in [5.74, 6) is -0.163. The Morgan fingerprint density at radius 1 is 0.905 bits per heavy atom. The Morgan fingerprint density at radius 3 is 1.86 bits per heavy atom. The number of allylic oxidation sites excluding steroid dienone is 2. The summed E-state index contributed by atoms with van der Waals surface area (Å²) in [6.07, 6.45) is -5.88. The highest BCUT2D eigenvalue weighted by Crippen LogP contribution is 2.38. The molecule has 1 heterocycles. The van der Waals surface area contributed by atoms with Crippen molar-refractivity contribution in [3.8, 4) is 0 Å². The topological polar surface area (TPSA) is 23.5 Å². The summed E-state index contributed by atoms with van der Waals surface area (Å²) >= 11 is 0. The number of aliphatic hydroxyl groups excluding tert-OH is 1. The van der Waals surface area contributed by atoms with Gasteiger partial charge < -0.3 is 10.0 Å². The van der Waals surface area contributed by atoms with Crippen LogP contribution in [0.25, 0.3) is 0 Å². The number of hydrogen-bond donors (Lipinski definition) is 1. The van der Waals surface area contributed by atoms with Gasteiger partial charge in [0.2, 0.25) is 0 Å². The molecule has 8 heteroatoms. The average molecular weight is 309 g/mol. The van der Waals surface area contributed by atoms with Gasteiger partial charge in [0.25, 0.3) is 0 Å². The van der Waals surface area contributed by atoms with Crippen LogP contribution in [0, 0.1) is 0 Å². The summed E-state index contributed by atoms with van der Waals surface area (Å²) in [4.78, 5) is 1.10. The van der Waals surface area contributed by atoms with Crippen LogP contribution in [0.2, 0.25) is 0 Å². The maximum Gasteiger partial charge on any atom is 0.416 e. The van der Waals surface area contributed by atoms with Crippen molar-refractivity contribution in [1.29, 1.82) is 0 Å². The minimum atomic E-state index is -4.90. The minimum Gasteiger partial charge on any atom is -0.510 e. The molecule has 1 aliphatic heterocycles. The van der Waals surface area contributed by atoms with E-state index in [-0.39, 0.29) is 24.1 Å². The second-order valence-corrected chi connectivity index (χ2v) is 4.39. The number of hydrogen-bond acceptors (Lipinski definition) is 2. The SMILES string of the molecule is OC1=CC=CN(c2cc(C(F)(F)F)cc(C(F)(F)F)c2)C1. The zero-order chi connectivity index (χ0) is 15.8. The molecule has 0 unspecified atom stereocenters. The molecule has 0 fully saturated rings. The summed E-state index contributed by atoms with van der Waals surface area (Å²) < 4.78 is 76.3. The average Bonchev–Trinajstić information content (AvgIpc) is 2.36. The first-order chi connectivity index (χ1) is 9.57. The van der Waals surface area contributed by atoms with Crippen LogP contribution in [0.3, 0.4) is 0 Å². The molecule has 1 aromatic carbocycles. The Bertz CT molecular complexity index is 567. The lowest BCUT2D eigenvalue weighted by molar-refractivity contribution is -0.143. The molecule has 21 heavy (non-hydrogen) atoms. The van der Waals surface area contributed by atoms with E-state index in [1.807, 2.05) is 0 Å². The molecular weight excluding hydrogens is 300 g/mol. The Morgan fingerprint density at radius 2 is 1.43 bits per heavy atom. The van der Waals surface area contributed by atoms with Crippen LogP contribution in [0.5, 0.6) is 0 Å². The third kappa shape index (κ3) is 3.50. The first-order valence-electron chi connectivity index (χ1n) is 5.70. The maximum absolute atomic E-state index is 12.7. The molecule has 1 N–H and O–H groups in total. The molecule has 2 rings (SSSR count). The number of benzene rings is 1. The van der Waals surface area contributed by atoms with Crippen LogP contribution >= 0.6 is 0 Å². The summed E-state index contributed by atoms with van der Waals surface area (Å²) in [6.45, 7) is -0.199. The molecule has 0 atom stereocenters. The number of halogens is 6. The van der Waals surface area contributed by atoms with Crippen molar-refractivity contribution in [2.75, 3.05) is 11.4 Å². The molecule has 0 bridgehead atoms. The fourth-order valence-electron chi connectivity index (χ4n) is 1.82. The quantitative estimate of drug-likeness (QED) is 0.772. The van der Waals surface area contributed by atoms with Crippen LogP contribution in [0.4, 0.5) is 32.0 Å². The second kappa shape index (κ2) is 5.01. The predicted octanol–water partition coefficient (Wildman–Crippen LogP) is 4.50. The molecular formula is C13H9F6NO. The molecule has 114 valence electrons. The van der Waals surface area contributed by atoms with Gasteiger partial charge in [0.05, 0.1) is 17.7 Å². The lowest BCUT2D eigenvalue weighted by Crippen LogP contribution is -2.22. The van der Waals surface area contributed by atoms with Gasteiger partial charge in [-0.15, -0.1) is 0 Å². The first kappa shape index (κ1) is 15.3. The zero-order valence-electron chi connectivity index (χ0n) is 10.3. The molecule has 0 amide bonds. The van der Waals surface area contributed by atoms with Gasteiger partial charge in [-0.3, -0.25) is 0 Å². The molecule has 2 nitrogen and oxygen atoms in total.